The molecule has 0 aliphatic carbocycles. The summed E-state index contributed by atoms with van der Waals surface area (Å²) >= 11 is 0. The van der Waals surface area contributed by atoms with Gasteiger partial charge in [-0.05, 0) is 6.07 Å². The minimum atomic E-state index is 0.281. The standard InChI is InChI=1S/C9H11N5O/c1-15-6-4-12-3-2-5(6)8-7(10)9(11)14-13-8/h2-4H,10H2,1H3,(H3,11,13,14). The second kappa shape index (κ2) is 3.49. The maximum atomic E-state index is 5.76. The first kappa shape index (κ1) is 9.32. The molecule has 0 aromatic carbocycles. The summed E-state index contributed by atoms with van der Waals surface area (Å²) in [5.41, 5.74) is 13.2. The third-order valence-electron chi connectivity index (χ3n) is 2.11. The highest BCUT2D eigenvalue weighted by Crippen LogP contribution is 2.33. The summed E-state index contributed by atoms with van der Waals surface area (Å²) in [4.78, 5) is 3.95. The van der Waals surface area contributed by atoms with Crippen LogP contribution in [-0.4, -0.2) is 22.3 Å². The lowest BCUT2D eigenvalue weighted by molar-refractivity contribution is 0.414. The van der Waals surface area contributed by atoms with Crippen LogP contribution in [0.25, 0.3) is 11.3 Å². The Hall–Kier alpha value is -2.24. The number of aromatic amines is 1. The highest BCUT2D eigenvalue weighted by molar-refractivity contribution is 5.82. The molecule has 0 aliphatic rings. The van der Waals surface area contributed by atoms with Crippen LogP contribution >= 0.6 is 0 Å². The number of rotatable bonds is 2. The number of hydrogen-bond donors (Lipinski definition) is 3. The predicted octanol–water partition coefficient (Wildman–Crippen LogP) is 0.645. The number of aromatic nitrogens is 3. The van der Waals surface area contributed by atoms with Gasteiger partial charge in [0, 0.05) is 11.8 Å². The van der Waals surface area contributed by atoms with Crippen LogP contribution in [0.2, 0.25) is 0 Å². The first-order valence-corrected chi connectivity index (χ1v) is 4.31. The summed E-state index contributed by atoms with van der Waals surface area (Å²) in [7, 11) is 1.57. The van der Waals surface area contributed by atoms with E-state index in [0.717, 1.165) is 5.56 Å². The summed E-state index contributed by atoms with van der Waals surface area (Å²) in [5.74, 6) is 0.900. The van der Waals surface area contributed by atoms with Gasteiger partial charge in [-0.3, -0.25) is 10.1 Å². The van der Waals surface area contributed by atoms with Crippen molar-refractivity contribution in [1.29, 1.82) is 0 Å². The van der Waals surface area contributed by atoms with Gasteiger partial charge >= 0.3 is 0 Å². The molecule has 0 unspecified atom stereocenters. The van der Waals surface area contributed by atoms with E-state index in [1.54, 1.807) is 25.6 Å². The number of pyridine rings is 1. The molecule has 6 nitrogen and oxygen atoms in total. The fourth-order valence-corrected chi connectivity index (χ4v) is 1.32. The number of hydrogen-bond acceptors (Lipinski definition) is 5. The van der Waals surface area contributed by atoms with Gasteiger partial charge in [-0.2, -0.15) is 5.10 Å². The van der Waals surface area contributed by atoms with Crippen LogP contribution in [0.4, 0.5) is 11.5 Å². The Morgan fingerprint density at radius 2 is 2.20 bits per heavy atom. The molecule has 0 bridgehead atoms. The molecule has 2 heterocycles. The first-order valence-electron chi connectivity index (χ1n) is 4.31. The normalized spacial score (nSPS) is 10.2. The Morgan fingerprint density at radius 1 is 1.40 bits per heavy atom. The van der Waals surface area contributed by atoms with E-state index in [-0.39, 0.29) is 5.82 Å². The largest absolute Gasteiger partial charge is 0.494 e. The fourth-order valence-electron chi connectivity index (χ4n) is 1.32. The van der Waals surface area contributed by atoms with Crippen LogP contribution in [-0.2, 0) is 0 Å². The van der Waals surface area contributed by atoms with E-state index in [4.69, 9.17) is 16.2 Å². The van der Waals surface area contributed by atoms with Gasteiger partial charge < -0.3 is 16.2 Å². The first-order chi connectivity index (χ1) is 7.24. The van der Waals surface area contributed by atoms with Crippen molar-refractivity contribution in [1.82, 2.24) is 15.2 Å². The van der Waals surface area contributed by atoms with Gasteiger partial charge in [0.1, 0.15) is 11.4 Å². The average molecular weight is 205 g/mol. The van der Waals surface area contributed by atoms with Crippen molar-refractivity contribution in [2.45, 2.75) is 0 Å². The highest BCUT2D eigenvalue weighted by atomic mass is 16.5. The highest BCUT2D eigenvalue weighted by Gasteiger charge is 2.13. The van der Waals surface area contributed by atoms with E-state index in [1.165, 1.54) is 0 Å². The smallest absolute Gasteiger partial charge is 0.169 e. The van der Waals surface area contributed by atoms with E-state index >= 15 is 0 Å². The second-order valence-electron chi connectivity index (χ2n) is 2.97. The Labute approximate surface area is 86.3 Å². The van der Waals surface area contributed by atoms with Crippen molar-refractivity contribution in [3.8, 4) is 17.0 Å². The second-order valence-corrected chi connectivity index (χ2v) is 2.97. The summed E-state index contributed by atoms with van der Waals surface area (Å²) in [6, 6.07) is 1.78. The van der Waals surface area contributed by atoms with Crippen molar-refractivity contribution >= 4 is 11.5 Å². The summed E-state index contributed by atoms with van der Waals surface area (Å²) < 4.78 is 5.16. The third kappa shape index (κ3) is 1.45. The minimum Gasteiger partial charge on any atom is -0.494 e. The molecule has 78 valence electrons. The molecule has 5 N–H and O–H groups in total. The lowest BCUT2D eigenvalue weighted by atomic mass is 10.1. The molecule has 2 aromatic rings. The molecule has 0 atom stereocenters. The van der Waals surface area contributed by atoms with Crippen LogP contribution in [0.5, 0.6) is 5.75 Å². The van der Waals surface area contributed by atoms with Crippen molar-refractivity contribution in [2.24, 2.45) is 0 Å². The molecule has 0 amide bonds. The van der Waals surface area contributed by atoms with E-state index in [9.17, 15) is 0 Å². The Bertz CT molecular complexity index is 479. The molecule has 0 saturated carbocycles. The Kier molecular flexibility index (Phi) is 2.17. The number of nitrogen functional groups attached to an aromatic ring is 2. The van der Waals surface area contributed by atoms with E-state index in [1.807, 2.05) is 0 Å². The lowest BCUT2D eigenvalue weighted by Gasteiger charge is -2.05. The molecular formula is C9H11N5O. The molecule has 6 heteroatoms. The van der Waals surface area contributed by atoms with E-state index < -0.39 is 0 Å². The monoisotopic (exact) mass is 205 g/mol. The van der Waals surface area contributed by atoms with E-state index in [0.29, 0.717) is 17.1 Å². The van der Waals surface area contributed by atoms with Crippen molar-refractivity contribution in [3.63, 3.8) is 0 Å². The van der Waals surface area contributed by atoms with Crippen LogP contribution in [0.1, 0.15) is 0 Å². The van der Waals surface area contributed by atoms with Crippen molar-refractivity contribution < 1.29 is 4.74 Å². The molecule has 0 fully saturated rings. The molecule has 0 saturated heterocycles. The molecule has 2 rings (SSSR count). The Balaban J connectivity index is 2.58. The lowest BCUT2D eigenvalue weighted by Crippen LogP contribution is -1.94. The number of nitrogens with zero attached hydrogens (tertiary/aromatic N) is 2. The number of H-pyrrole nitrogens is 1. The Morgan fingerprint density at radius 3 is 2.80 bits per heavy atom. The van der Waals surface area contributed by atoms with Gasteiger partial charge in [0.25, 0.3) is 0 Å². The molecule has 15 heavy (non-hydrogen) atoms. The van der Waals surface area contributed by atoms with Gasteiger partial charge in [-0.1, -0.05) is 0 Å². The quantitative estimate of drug-likeness (QED) is 0.667. The van der Waals surface area contributed by atoms with Crippen LogP contribution in [0, 0.1) is 0 Å². The molecular weight excluding hydrogens is 194 g/mol. The summed E-state index contributed by atoms with van der Waals surface area (Å²) in [5, 5.41) is 6.58. The maximum Gasteiger partial charge on any atom is 0.169 e. The van der Waals surface area contributed by atoms with Gasteiger partial charge in [0.15, 0.2) is 5.82 Å². The van der Waals surface area contributed by atoms with E-state index in [2.05, 4.69) is 15.2 Å². The molecule has 0 radical (unpaired) electrons. The number of nitrogens with one attached hydrogen (secondary N) is 1. The van der Waals surface area contributed by atoms with Gasteiger partial charge in [-0.25, -0.2) is 0 Å². The van der Waals surface area contributed by atoms with Crippen molar-refractivity contribution in [2.75, 3.05) is 18.6 Å². The summed E-state index contributed by atoms with van der Waals surface area (Å²) in [6.07, 6.45) is 3.25. The number of anilines is 2. The molecule has 0 spiro atoms. The fraction of sp³-hybridized carbons (Fsp3) is 0.111. The van der Waals surface area contributed by atoms with Crippen LogP contribution in [0.3, 0.4) is 0 Å². The minimum absolute atomic E-state index is 0.281. The zero-order chi connectivity index (χ0) is 10.8. The zero-order valence-corrected chi connectivity index (χ0v) is 8.19. The van der Waals surface area contributed by atoms with Crippen LogP contribution in [0.15, 0.2) is 18.5 Å². The third-order valence-corrected chi connectivity index (χ3v) is 2.11. The average Bonchev–Trinajstić information content (AvgIpc) is 2.60. The topological polar surface area (TPSA) is 103 Å². The SMILES string of the molecule is COc1cnccc1-c1[nH]nc(N)c1N. The summed E-state index contributed by atoms with van der Waals surface area (Å²) in [6.45, 7) is 0. The van der Waals surface area contributed by atoms with Gasteiger partial charge in [0.05, 0.1) is 19.0 Å². The zero-order valence-electron chi connectivity index (χ0n) is 8.19. The van der Waals surface area contributed by atoms with Crippen LogP contribution < -0.4 is 16.2 Å². The molecule has 0 aliphatic heterocycles. The van der Waals surface area contributed by atoms with Gasteiger partial charge in [0.2, 0.25) is 0 Å². The number of methoxy groups -OCH3 is 1. The predicted molar refractivity (Wildman–Crippen MR) is 57.2 cm³/mol. The van der Waals surface area contributed by atoms with Gasteiger partial charge in [-0.15, -0.1) is 0 Å². The number of ether oxygens (including phenoxy) is 1. The molecule has 2 aromatic heterocycles. The maximum absolute atomic E-state index is 5.76. The number of nitrogens with two attached hydrogens (primary N) is 2. The van der Waals surface area contributed by atoms with Crippen molar-refractivity contribution in [3.05, 3.63) is 18.5 Å².